The summed E-state index contributed by atoms with van der Waals surface area (Å²) in [6.07, 6.45) is 4.44. The molecular formula is C11H17ClN2. The highest BCUT2D eigenvalue weighted by Crippen LogP contribution is 2.21. The molecule has 0 saturated carbocycles. The minimum atomic E-state index is 0.527. The number of pyridine rings is 1. The van der Waals surface area contributed by atoms with Crippen molar-refractivity contribution < 1.29 is 0 Å². The molecule has 0 saturated heterocycles. The van der Waals surface area contributed by atoms with Crippen molar-refractivity contribution >= 4 is 11.6 Å². The van der Waals surface area contributed by atoms with Gasteiger partial charge in [0.2, 0.25) is 0 Å². The predicted octanol–water partition coefficient (Wildman–Crippen LogP) is 2.51. The normalized spacial score (nSPS) is 15.1. The van der Waals surface area contributed by atoms with Crippen LogP contribution in [0.1, 0.15) is 19.4 Å². The summed E-state index contributed by atoms with van der Waals surface area (Å²) < 4.78 is 0. The number of nitrogens with two attached hydrogens (primary N) is 1. The number of hydrogen-bond donors (Lipinski definition) is 1. The molecule has 0 aliphatic rings. The second-order valence-corrected chi connectivity index (χ2v) is 4.27. The van der Waals surface area contributed by atoms with Crippen LogP contribution in [0.2, 0.25) is 5.02 Å². The smallest absolute Gasteiger partial charge is 0.0621 e. The number of aromatic nitrogens is 1. The summed E-state index contributed by atoms with van der Waals surface area (Å²) in [6, 6.07) is 1.97. The van der Waals surface area contributed by atoms with Crippen molar-refractivity contribution in [3.63, 3.8) is 0 Å². The van der Waals surface area contributed by atoms with E-state index >= 15 is 0 Å². The Hall–Kier alpha value is -0.600. The molecule has 0 fully saturated rings. The minimum Gasteiger partial charge on any atom is -0.330 e. The van der Waals surface area contributed by atoms with Gasteiger partial charge in [-0.2, -0.15) is 0 Å². The molecule has 1 heterocycles. The van der Waals surface area contributed by atoms with E-state index in [1.54, 1.807) is 12.4 Å². The number of halogens is 1. The van der Waals surface area contributed by atoms with Gasteiger partial charge < -0.3 is 5.73 Å². The number of nitrogens with zero attached hydrogens (tertiary/aromatic N) is 1. The van der Waals surface area contributed by atoms with E-state index in [1.807, 2.05) is 6.07 Å². The van der Waals surface area contributed by atoms with Crippen LogP contribution in [-0.2, 0) is 6.42 Å². The SMILES string of the molecule is CC(CN)C(C)Cc1ccncc1Cl. The highest BCUT2D eigenvalue weighted by Gasteiger charge is 2.12. The lowest BCUT2D eigenvalue weighted by atomic mass is 9.90. The van der Waals surface area contributed by atoms with Gasteiger partial charge in [-0.15, -0.1) is 0 Å². The Morgan fingerprint density at radius 3 is 2.71 bits per heavy atom. The molecule has 0 aliphatic heterocycles. The summed E-state index contributed by atoms with van der Waals surface area (Å²) in [5.41, 5.74) is 6.78. The van der Waals surface area contributed by atoms with Gasteiger partial charge in [-0.1, -0.05) is 25.4 Å². The topological polar surface area (TPSA) is 38.9 Å². The molecule has 14 heavy (non-hydrogen) atoms. The average Bonchev–Trinajstić information content (AvgIpc) is 2.20. The first kappa shape index (κ1) is 11.5. The van der Waals surface area contributed by atoms with Crippen molar-refractivity contribution in [1.82, 2.24) is 4.98 Å². The first-order chi connectivity index (χ1) is 6.65. The van der Waals surface area contributed by atoms with E-state index in [9.17, 15) is 0 Å². The summed E-state index contributed by atoms with van der Waals surface area (Å²) in [6.45, 7) is 5.10. The third-order valence-corrected chi connectivity index (χ3v) is 3.08. The Bertz CT molecular complexity index is 288. The van der Waals surface area contributed by atoms with Crippen molar-refractivity contribution in [2.75, 3.05) is 6.54 Å². The molecule has 0 aromatic carbocycles. The summed E-state index contributed by atoms with van der Waals surface area (Å²) in [7, 11) is 0. The van der Waals surface area contributed by atoms with Gasteiger partial charge in [0, 0.05) is 12.4 Å². The largest absolute Gasteiger partial charge is 0.330 e. The zero-order chi connectivity index (χ0) is 10.6. The molecular weight excluding hydrogens is 196 g/mol. The van der Waals surface area contributed by atoms with Crippen molar-refractivity contribution in [3.8, 4) is 0 Å². The average molecular weight is 213 g/mol. The zero-order valence-corrected chi connectivity index (χ0v) is 9.46. The van der Waals surface area contributed by atoms with Crippen molar-refractivity contribution in [2.45, 2.75) is 20.3 Å². The Balaban J connectivity index is 2.64. The molecule has 78 valence electrons. The molecule has 1 aromatic rings. The van der Waals surface area contributed by atoms with E-state index in [2.05, 4.69) is 18.8 Å². The second-order valence-electron chi connectivity index (χ2n) is 3.86. The number of hydrogen-bond acceptors (Lipinski definition) is 2. The van der Waals surface area contributed by atoms with Gasteiger partial charge in [0.1, 0.15) is 0 Å². The van der Waals surface area contributed by atoms with Gasteiger partial charge in [0.15, 0.2) is 0 Å². The van der Waals surface area contributed by atoms with Crippen LogP contribution >= 0.6 is 11.6 Å². The van der Waals surface area contributed by atoms with Gasteiger partial charge in [-0.05, 0) is 36.4 Å². The van der Waals surface area contributed by atoms with Crippen LogP contribution in [0.5, 0.6) is 0 Å². The lowest BCUT2D eigenvalue weighted by Crippen LogP contribution is -2.20. The van der Waals surface area contributed by atoms with Gasteiger partial charge in [0.05, 0.1) is 5.02 Å². The molecule has 2 atom stereocenters. The number of rotatable bonds is 4. The predicted molar refractivity (Wildman–Crippen MR) is 60.3 cm³/mol. The monoisotopic (exact) mass is 212 g/mol. The highest BCUT2D eigenvalue weighted by molar-refractivity contribution is 6.31. The summed E-state index contributed by atoms with van der Waals surface area (Å²) in [4.78, 5) is 3.96. The van der Waals surface area contributed by atoms with Crippen molar-refractivity contribution in [3.05, 3.63) is 29.0 Å². The molecule has 2 nitrogen and oxygen atoms in total. The molecule has 1 aromatic heterocycles. The van der Waals surface area contributed by atoms with Crippen LogP contribution in [0.3, 0.4) is 0 Å². The Kier molecular flexibility index (Phi) is 4.36. The van der Waals surface area contributed by atoms with Crippen molar-refractivity contribution in [2.24, 2.45) is 17.6 Å². The van der Waals surface area contributed by atoms with Crippen LogP contribution in [0.4, 0.5) is 0 Å². The highest BCUT2D eigenvalue weighted by atomic mass is 35.5. The molecule has 0 aliphatic carbocycles. The summed E-state index contributed by atoms with van der Waals surface area (Å²) in [5.74, 6) is 1.08. The Morgan fingerprint density at radius 2 is 2.14 bits per heavy atom. The maximum absolute atomic E-state index is 6.02. The minimum absolute atomic E-state index is 0.527. The van der Waals surface area contributed by atoms with Crippen LogP contribution in [-0.4, -0.2) is 11.5 Å². The Labute approximate surface area is 90.5 Å². The lowest BCUT2D eigenvalue weighted by Gasteiger charge is -2.18. The lowest BCUT2D eigenvalue weighted by molar-refractivity contribution is 0.394. The van der Waals surface area contributed by atoms with E-state index in [-0.39, 0.29) is 0 Å². The molecule has 0 bridgehead atoms. The fourth-order valence-corrected chi connectivity index (χ4v) is 1.55. The van der Waals surface area contributed by atoms with Gasteiger partial charge in [-0.3, -0.25) is 4.98 Å². The summed E-state index contributed by atoms with van der Waals surface area (Å²) >= 11 is 6.02. The van der Waals surface area contributed by atoms with Crippen molar-refractivity contribution in [1.29, 1.82) is 0 Å². The first-order valence-corrected chi connectivity index (χ1v) is 5.31. The molecule has 0 spiro atoms. The van der Waals surface area contributed by atoms with Gasteiger partial charge >= 0.3 is 0 Å². The standard InChI is InChI=1S/C11H17ClN2/c1-8(9(2)6-13)5-10-3-4-14-7-11(10)12/h3-4,7-9H,5-6,13H2,1-2H3. The molecule has 1 rings (SSSR count). The summed E-state index contributed by atoms with van der Waals surface area (Å²) in [5, 5.41) is 0.753. The van der Waals surface area contributed by atoms with Crippen LogP contribution in [0.15, 0.2) is 18.5 Å². The van der Waals surface area contributed by atoms with E-state index in [4.69, 9.17) is 17.3 Å². The third kappa shape index (κ3) is 2.96. The third-order valence-electron chi connectivity index (χ3n) is 2.74. The van der Waals surface area contributed by atoms with Crippen LogP contribution in [0.25, 0.3) is 0 Å². The van der Waals surface area contributed by atoms with E-state index in [0.717, 1.165) is 23.6 Å². The van der Waals surface area contributed by atoms with E-state index in [1.165, 1.54) is 0 Å². The molecule has 0 amide bonds. The van der Waals surface area contributed by atoms with Gasteiger partial charge in [0.25, 0.3) is 0 Å². The maximum Gasteiger partial charge on any atom is 0.0621 e. The molecule has 2 unspecified atom stereocenters. The second kappa shape index (κ2) is 5.32. The van der Waals surface area contributed by atoms with Crippen LogP contribution in [0, 0.1) is 11.8 Å². The molecule has 3 heteroatoms. The van der Waals surface area contributed by atoms with E-state index < -0.39 is 0 Å². The Morgan fingerprint density at radius 1 is 1.43 bits per heavy atom. The van der Waals surface area contributed by atoms with Gasteiger partial charge in [-0.25, -0.2) is 0 Å². The fourth-order valence-electron chi connectivity index (χ4n) is 1.35. The van der Waals surface area contributed by atoms with E-state index in [0.29, 0.717) is 11.8 Å². The molecule has 0 radical (unpaired) electrons. The zero-order valence-electron chi connectivity index (χ0n) is 8.70. The fraction of sp³-hybridized carbons (Fsp3) is 0.545. The maximum atomic E-state index is 6.02. The quantitative estimate of drug-likeness (QED) is 0.833. The first-order valence-electron chi connectivity index (χ1n) is 4.93. The molecule has 2 N–H and O–H groups in total. The van der Waals surface area contributed by atoms with Crippen LogP contribution < -0.4 is 5.73 Å².